The summed E-state index contributed by atoms with van der Waals surface area (Å²) in [4.78, 5) is 1.42. The van der Waals surface area contributed by atoms with Crippen molar-refractivity contribution in [2.24, 2.45) is 5.73 Å². The first-order chi connectivity index (χ1) is 7.86. The highest BCUT2D eigenvalue weighted by atomic mass is 19.4. The highest BCUT2D eigenvalue weighted by Gasteiger charge is 2.47. The zero-order chi connectivity index (χ0) is 13.1. The fraction of sp³-hybridized carbons (Fsp3) is 1.00. The van der Waals surface area contributed by atoms with Gasteiger partial charge in [0.05, 0.1) is 6.10 Å². The standard InChI is InChI=1S/C11H21F3N2O/c1-3-9(15)10(11(12,13)14)16-5-4-6-17-8(2)7-16/h8-10H,3-7,15H2,1-2H3. The van der Waals surface area contributed by atoms with E-state index in [4.69, 9.17) is 10.5 Å². The van der Waals surface area contributed by atoms with E-state index < -0.39 is 18.3 Å². The van der Waals surface area contributed by atoms with Gasteiger partial charge < -0.3 is 10.5 Å². The Morgan fingerprint density at radius 3 is 2.65 bits per heavy atom. The molecule has 1 aliphatic rings. The van der Waals surface area contributed by atoms with Gasteiger partial charge in [-0.2, -0.15) is 13.2 Å². The summed E-state index contributed by atoms with van der Waals surface area (Å²) in [6, 6.07) is -2.43. The lowest BCUT2D eigenvalue weighted by atomic mass is 10.0. The van der Waals surface area contributed by atoms with Crippen LogP contribution in [-0.4, -0.2) is 49.0 Å². The van der Waals surface area contributed by atoms with Gasteiger partial charge in [-0.3, -0.25) is 4.90 Å². The van der Waals surface area contributed by atoms with Crippen LogP contribution in [0.4, 0.5) is 13.2 Å². The lowest BCUT2D eigenvalue weighted by Crippen LogP contribution is -2.57. The first kappa shape index (κ1) is 14.7. The molecule has 0 aliphatic carbocycles. The minimum absolute atomic E-state index is 0.175. The molecule has 0 amide bonds. The van der Waals surface area contributed by atoms with Crippen LogP contribution in [0.2, 0.25) is 0 Å². The van der Waals surface area contributed by atoms with Gasteiger partial charge in [0, 0.05) is 25.7 Å². The number of alkyl halides is 3. The molecule has 17 heavy (non-hydrogen) atoms. The predicted octanol–water partition coefficient (Wildman–Crippen LogP) is 1.77. The Bertz CT molecular complexity index is 235. The van der Waals surface area contributed by atoms with E-state index in [1.807, 2.05) is 0 Å². The van der Waals surface area contributed by atoms with Gasteiger partial charge in [-0.1, -0.05) is 6.92 Å². The number of halogens is 3. The van der Waals surface area contributed by atoms with Gasteiger partial charge in [0.25, 0.3) is 0 Å². The summed E-state index contributed by atoms with van der Waals surface area (Å²) in [6.07, 6.45) is -3.52. The summed E-state index contributed by atoms with van der Waals surface area (Å²) in [5, 5.41) is 0. The van der Waals surface area contributed by atoms with Crippen molar-refractivity contribution in [3.8, 4) is 0 Å². The van der Waals surface area contributed by atoms with Crippen molar-refractivity contribution in [3.63, 3.8) is 0 Å². The molecule has 3 unspecified atom stereocenters. The van der Waals surface area contributed by atoms with E-state index >= 15 is 0 Å². The number of hydrogen-bond acceptors (Lipinski definition) is 3. The van der Waals surface area contributed by atoms with Gasteiger partial charge in [-0.25, -0.2) is 0 Å². The second kappa shape index (κ2) is 6.02. The van der Waals surface area contributed by atoms with Crippen LogP contribution >= 0.6 is 0 Å². The molecule has 0 saturated carbocycles. The van der Waals surface area contributed by atoms with Crippen LogP contribution in [0.25, 0.3) is 0 Å². The molecule has 0 aromatic rings. The number of rotatable bonds is 3. The van der Waals surface area contributed by atoms with Gasteiger partial charge in [-0.05, 0) is 19.8 Å². The molecular formula is C11H21F3N2O. The smallest absolute Gasteiger partial charge is 0.377 e. The van der Waals surface area contributed by atoms with Crippen LogP contribution < -0.4 is 5.73 Å². The van der Waals surface area contributed by atoms with E-state index in [0.717, 1.165) is 0 Å². The molecule has 0 bridgehead atoms. The predicted molar refractivity (Wildman–Crippen MR) is 59.7 cm³/mol. The zero-order valence-corrected chi connectivity index (χ0v) is 10.3. The van der Waals surface area contributed by atoms with Gasteiger partial charge in [-0.15, -0.1) is 0 Å². The Balaban J connectivity index is 2.81. The minimum Gasteiger partial charge on any atom is -0.377 e. The zero-order valence-electron chi connectivity index (χ0n) is 10.3. The maximum atomic E-state index is 13.0. The molecule has 0 radical (unpaired) electrons. The van der Waals surface area contributed by atoms with Gasteiger partial charge >= 0.3 is 6.18 Å². The fourth-order valence-corrected chi connectivity index (χ4v) is 2.22. The van der Waals surface area contributed by atoms with Gasteiger partial charge in [0.2, 0.25) is 0 Å². The third-order valence-corrected chi connectivity index (χ3v) is 3.09. The number of nitrogens with zero attached hydrogens (tertiary/aromatic N) is 1. The maximum absolute atomic E-state index is 13.0. The first-order valence-corrected chi connectivity index (χ1v) is 6.04. The molecule has 1 saturated heterocycles. The molecule has 0 spiro atoms. The minimum atomic E-state index is -4.28. The summed E-state index contributed by atoms with van der Waals surface area (Å²) in [5.41, 5.74) is 5.63. The number of nitrogens with two attached hydrogens (primary N) is 1. The molecule has 0 aromatic heterocycles. The van der Waals surface area contributed by atoms with Crippen molar-refractivity contribution in [2.45, 2.75) is 51.1 Å². The Labute approximate surface area is 100 Å². The molecule has 3 atom stereocenters. The topological polar surface area (TPSA) is 38.5 Å². The van der Waals surface area contributed by atoms with Crippen molar-refractivity contribution < 1.29 is 17.9 Å². The molecule has 3 nitrogen and oxygen atoms in total. The molecule has 0 aromatic carbocycles. The molecule has 102 valence electrons. The van der Waals surface area contributed by atoms with E-state index in [0.29, 0.717) is 26.0 Å². The summed E-state index contributed by atoms with van der Waals surface area (Å²) < 4.78 is 44.5. The van der Waals surface area contributed by atoms with E-state index in [1.54, 1.807) is 13.8 Å². The Morgan fingerprint density at radius 1 is 1.47 bits per heavy atom. The quantitative estimate of drug-likeness (QED) is 0.834. The third kappa shape index (κ3) is 4.12. The molecule has 1 aliphatic heterocycles. The van der Waals surface area contributed by atoms with E-state index in [9.17, 15) is 13.2 Å². The summed E-state index contributed by atoms with van der Waals surface area (Å²) in [5.74, 6) is 0. The summed E-state index contributed by atoms with van der Waals surface area (Å²) in [7, 11) is 0. The summed E-state index contributed by atoms with van der Waals surface area (Å²) >= 11 is 0. The van der Waals surface area contributed by atoms with Crippen molar-refractivity contribution >= 4 is 0 Å². The molecule has 1 rings (SSSR count). The highest BCUT2D eigenvalue weighted by Crippen LogP contribution is 2.29. The first-order valence-electron chi connectivity index (χ1n) is 6.04. The average molecular weight is 254 g/mol. The number of hydrogen-bond donors (Lipinski definition) is 1. The van der Waals surface area contributed by atoms with Crippen molar-refractivity contribution in [3.05, 3.63) is 0 Å². The van der Waals surface area contributed by atoms with Gasteiger partial charge in [0.1, 0.15) is 6.04 Å². The van der Waals surface area contributed by atoms with E-state index in [2.05, 4.69) is 0 Å². The second-order valence-electron chi connectivity index (χ2n) is 4.59. The monoisotopic (exact) mass is 254 g/mol. The van der Waals surface area contributed by atoms with Crippen molar-refractivity contribution in [2.75, 3.05) is 19.7 Å². The van der Waals surface area contributed by atoms with Gasteiger partial charge in [0.15, 0.2) is 0 Å². The Morgan fingerprint density at radius 2 is 2.12 bits per heavy atom. The molecule has 1 heterocycles. The van der Waals surface area contributed by atoms with E-state index in [-0.39, 0.29) is 12.6 Å². The molecule has 2 N–H and O–H groups in total. The Kier molecular flexibility index (Phi) is 5.22. The fourth-order valence-electron chi connectivity index (χ4n) is 2.22. The van der Waals surface area contributed by atoms with E-state index in [1.165, 1.54) is 4.90 Å². The van der Waals surface area contributed by atoms with Crippen molar-refractivity contribution in [1.29, 1.82) is 0 Å². The van der Waals surface area contributed by atoms with Crippen LogP contribution in [0.3, 0.4) is 0 Å². The largest absolute Gasteiger partial charge is 0.405 e. The average Bonchev–Trinajstić information content (AvgIpc) is 2.41. The van der Waals surface area contributed by atoms with Crippen LogP contribution in [-0.2, 0) is 4.74 Å². The summed E-state index contributed by atoms with van der Waals surface area (Å²) in [6.45, 7) is 4.67. The van der Waals surface area contributed by atoms with Crippen LogP contribution in [0, 0.1) is 0 Å². The third-order valence-electron chi connectivity index (χ3n) is 3.09. The highest BCUT2D eigenvalue weighted by molar-refractivity contribution is 4.89. The van der Waals surface area contributed by atoms with Crippen LogP contribution in [0.5, 0.6) is 0 Å². The molecular weight excluding hydrogens is 233 g/mol. The lowest BCUT2D eigenvalue weighted by Gasteiger charge is -2.36. The van der Waals surface area contributed by atoms with Crippen LogP contribution in [0.15, 0.2) is 0 Å². The Hall–Kier alpha value is -0.330. The molecule has 6 heteroatoms. The normalized spacial score (nSPS) is 27.5. The van der Waals surface area contributed by atoms with Crippen LogP contribution in [0.1, 0.15) is 26.7 Å². The lowest BCUT2D eigenvalue weighted by molar-refractivity contribution is -0.190. The SMILES string of the molecule is CCC(N)C(N1CCCOC(C)C1)C(F)(F)F. The maximum Gasteiger partial charge on any atom is 0.405 e. The number of ether oxygens (including phenoxy) is 1. The molecule has 1 fully saturated rings. The second-order valence-corrected chi connectivity index (χ2v) is 4.59. The van der Waals surface area contributed by atoms with Crippen molar-refractivity contribution in [1.82, 2.24) is 4.90 Å².